The van der Waals surface area contributed by atoms with Gasteiger partial charge in [0.1, 0.15) is 18.2 Å². The fourth-order valence-corrected chi connectivity index (χ4v) is 8.35. The van der Waals surface area contributed by atoms with Crippen molar-refractivity contribution < 1.29 is 22.5 Å². The molecule has 1 aliphatic heterocycles. The van der Waals surface area contributed by atoms with Crippen LogP contribution in [0.4, 0.5) is 5.82 Å². The Kier molecular flexibility index (Phi) is 8.11. The summed E-state index contributed by atoms with van der Waals surface area (Å²) in [5.74, 6) is 1.14. The molecule has 1 saturated heterocycles. The average Bonchev–Trinajstić information content (AvgIpc) is 3.65. The van der Waals surface area contributed by atoms with Crippen molar-refractivity contribution in [3.63, 3.8) is 0 Å². The Morgan fingerprint density at radius 3 is 2.84 bits per heavy atom. The van der Waals surface area contributed by atoms with Gasteiger partial charge in [0.15, 0.2) is 0 Å². The molecule has 4 atom stereocenters. The normalized spacial score (nSPS) is 25.5. The number of nitrogens with zero attached hydrogens (tertiary/aromatic N) is 2. The number of hydrogen-bond donors (Lipinski definition) is 3. The summed E-state index contributed by atoms with van der Waals surface area (Å²) >= 11 is 9.57. The Labute approximate surface area is 234 Å². The highest BCUT2D eigenvalue weighted by Gasteiger charge is 2.40. The molecule has 0 amide bonds. The number of rotatable bonds is 9. The molecule has 0 unspecified atom stereocenters. The van der Waals surface area contributed by atoms with Crippen molar-refractivity contribution in [2.24, 2.45) is 0 Å². The molecule has 38 heavy (non-hydrogen) atoms. The van der Waals surface area contributed by atoms with Gasteiger partial charge in [0.05, 0.1) is 21.3 Å². The molecular formula is C25H27ClN4O5S3. The Morgan fingerprint density at radius 2 is 2.11 bits per heavy atom. The van der Waals surface area contributed by atoms with E-state index in [1.807, 2.05) is 41.4 Å². The van der Waals surface area contributed by atoms with Crippen molar-refractivity contribution in [1.29, 1.82) is 0 Å². The van der Waals surface area contributed by atoms with E-state index in [1.54, 1.807) is 0 Å². The summed E-state index contributed by atoms with van der Waals surface area (Å²) in [6.07, 6.45) is 3.42. The van der Waals surface area contributed by atoms with E-state index >= 15 is 0 Å². The van der Waals surface area contributed by atoms with E-state index in [0.717, 1.165) is 29.7 Å². The first kappa shape index (κ1) is 27.5. The highest BCUT2D eigenvalue weighted by atomic mass is 35.5. The summed E-state index contributed by atoms with van der Waals surface area (Å²) in [4.78, 5) is 22.5. The van der Waals surface area contributed by atoms with E-state index in [2.05, 4.69) is 26.1 Å². The number of aliphatic hydroxyl groups is 1. The van der Waals surface area contributed by atoms with Crippen LogP contribution < -0.4 is 10.0 Å². The maximum atomic E-state index is 13.6. The topological polar surface area (TPSA) is 131 Å². The Hall–Kier alpha value is -2.06. The first-order valence-electron chi connectivity index (χ1n) is 12.1. The number of halogens is 1. The lowest BCUT2D eigenvalue weighted by molar-refractivity contribution is 0.0636. The predicted molar refractivity (Wildman–Crippen MR) is 149 cm³/mol. The summed E-state index contributed by atoms with van der Waals surface area (Å²) in [5, 5.41) is 16.2. The van der Waals surface area contributed by atoms with E-state index in [1.165, 1.54) is 30.9 Å². The van der Waals surface area contributed by atoms with Crippen molar-refractivity contribution in [1.82, 2.24) is 14.7 Å². The molecule has 0 spiro atoms. The average molecular weight is 595 g/mol. The van der Waals surface area contributed by atoms with Crippen LogP contribution in [0.3, 0.4) is 0 Å². The van der Waals surface area contributed by atoms with Gasteiger partial charge in [0.25, 0.3) is 0 Å². The van der Waals surface area contributed by atoms with Crippen LogP contribution in [0.25, 0.3) is 0 Å². The smallest absolute Gasteiger partial charge is 0.335 e. The number of benzene rings is 1. The summed E-state index contributed by atoms with van der Waals surface area (Å²) < 4.78 is 30.4. The fraction of sp³-hybridized carbons (Fsp3) is 0.400. The number of hydrogen-bond acceptors (Lipinski definition) is 10. The van der Waals surface area contributed by atoms with Gasteiger partial charge in [-0.3, -0.25) is 8.98 Å². The van der Waals surface area contributed by atoms with Crippen molar-refractivity contribution >= 4 is 56.6 Å². The van der Waals surface area contributed by atoms with Gasteiger partial charge in [-0.2, -0.15) is 13.1 Å². The second kappa shape index (κ2) is 11.2. The quantitative estimate of drug-likeness (QED) is 0.315. The maximum Gasteiger partial charge on any atom is 0.335 e. The van der Waals surface area contributed by atoms with Gasteiger partial charge in [0, 0.05) is 24.3 Å². The minimum atomic E-state index is -3.95. The SMILES string of the molecule is CNS(=O)(=O)O[C@@H]1C[C@H](Nc2ncncc2C(=O)c2cc([C@@]3(c4cccc(Cl)c4)CCCS3)cs2)C[C@@H]1O. The summed E-state index contributed by atoms with van der Waals surface area (Å²) in [5.41, 5.74) is 2.51. The van der Waals surface area contributed by atoms with Crippen LogP contribution in [-0.4, -0.2) is 60.3 Å². The maximum absolute atomic E-state index is 13.6. The van der Waals surface area contributed by atoms with Crippen molar-refractivity contribution in [2.75, 3.05) is 18.1 Å². The van der Waals surface area contributed by atoms with E-state index in [4.69, 9.17) is 15.8 Å². The minimum Gasteiger partial charge on any atom is -0.390 e. The number of nitrogens with one attached hydrogen (secondary N) is 2. The molecule has 3 aromatic rings. The van der Waals surface area contributed by atoms with Crippen molar-refractivity contribution in [3.8, 4) is 0 Å². The van der Waals surface area contributed by atoms with Crippen LogP contribution in [0.5, 0.6) is 0 Å². The second-order valence-corrected chi connectivity index (χ2v) is 13.5. The van der Waals surface area contributed by atoms with Gasteiger partial charge in [0.2, 0.25) is 5.78 Å². The molecule has 2 aliphatic rings. The molecular weight excluding hydrogens is 568 g/mol. The third kappa shape index (κ3) is 5.62. The van der Waals surface area contributed by atoms with Crippen molar-refractivity contribution in [2.45, 2.75) is 48.7 Å². The van der Waals surface area contributed by atoms with Crippen LogP contribution in [-0.2, 0) is 19.2 Å². The largest absolute Gasteiger partial charge is 0.390 e. The Balaban J connectivity index is 1.37. The van der Waals surface area contributed by atoms with Crippen LogP contribution in [0, 0.1) is 0 Å². The molecule has 0 bridgehead atoms. The molecule has 3 heterocycles. The molecule has 13 heteroatoms. The summed E-state index contributed by atoms with van der Waals surface area (Å²) in [7, 11) is -2.71. The number of aliphatic hydroxyl groups excluding tert-OH is 1. The van der Waals surface area contributed by atoms with Crippen LogP contribution >= 0.6 is 34.7 Å². The monoisotopic (exact) mass is 594 g/mol. The van der Waals surface area contributed by atoms with E-state index in [9.17, 15) is 18.3 Å². The molecule has 1 aromatic carbocycles. The van der Waals surface area contributed by atoms with Gasteiger partial charge < -0.3 is 10.4 Å². The fourth-order valence-electron chi connectivity index (χ4n) is 5.01. The molecule has 2 aromatic heterocycles. The lowest BCUT2D eigenvalue weighted by Crippen LogP contribution is -2.31. The first-order chi connectivity index (χ1) is 18.2. The summed E-state index contributed by atoms with van der Waals surface area (Å²) in [6.45, 7) is 0. The molecule has 202 valence electrons. The molecule has 5 rings (SSSR count). The zero-order chi connectivity index (χ0) is 26.9. The van der Waals surface area contributed by atoms with Gasteiger partial charge in [-0.15, -0.1) is 23.1 Å². The van der Waals surface area contributed by atoms with Crippen LogP contribution in [0.15, 0.2) is 48.2 Å². The molecule has 0 radical (unpaired) electrons. The molecule has 3 N–H and O–H groups in total. The third-order valence-corrected chi connectivity index (χ3v) is 10.7. The van der Waals surface area contributed by atoms with Gasteiger partial charge in [-0.05, 0) is 66.1 Å². The third-order valence-electron chi connectivity index (χ3n) is 6.87. The van der Waals surface area contributed by atoms with Crippen LogP contribution in [0.2, 0.25) is 5.02 Å². The number of anilines is 1. The molecule has 1 aliphatic carbocycles. The van der Waals surface area contributed by atoms with Crippen molar-refractivity contribution in [3.05, 3.63) is 74.8 Å². The second-order valence-electron chi connectivity index (χ2n) is 9.28. The van der Waals surface area contributed by atoms with E-state index in [-0.39, 0.29) is 29.4 Å². The number of carbonyl (C=O) groups excluding carboxylic acids is 1. The van der Waals surface area contributed by atoms with E-state index in [0.29, 0.717) is 21.3 Å². The number of aromatic nitrogens is 2. The lowest BCUT2D eigenvalue weighted by Gasteiger charge is -2.28. The molecule has 1 saturated carbocycles. The van der Waals surface area contributed by atoms with Gasteiger partial charge >= 0.3 is 10.3 Å². The number of ketones is 1. The standard InChI is InChI=1S/C25H27ClN4O5S3/c1-27-38(33,34)35-21-11-18(10-20(21)31)30-24-19(12-28-14-29-24)23(32)22-9-16(13-36-22)25(6-3-7-37-25)15-4-2-5-17(26)8-15/h2,4-5,8-9,12-14,18,20-21,27,31H,3,6-7,10-11H2,1H3,(H,28,29,30)/t18-,20+,21-,25+/m1/s1. The molecule has 9 nitrogen and oxygen atoms in total. The highest BCUT2D eigenvalue weighted by Crippen LogP contribution is 2.52. The Morgan fingerprint density at radius 1 is 1.26 bits per heavy atom. The number of thiophene rings is 1. The van der Waals surface area contributed by atoms with Crippen LogP contribution in [0.1, 0.15) is 52.0 Å². The predicted octanol–water partition coefficient (Wildman–Crippen LogP) is 3.98. The number of carbonyl (C=O) groups is 1. The van der Waals surface area contributed by atoms with Gasteiger partial charge in [-0.25, -0.2) is 9.97 Å². The highest BCUT2D eigenvalue weighted by molar-refractivity contribution is 8.00. The number of thioether (sulfide) groups is 1. The van der Waals surface area contributed by atoms with Gasteiger partial charge in [-0.1, -0.05) is 23.7 Å². The Bertz CT molecular complexity index is 1430. The summed E-state index contributed by atoms with van der Waals surface area (Å²) in [6, 6.07) is 9.52. The molecule has 2 fully saturated rings. The lowest BCUT2D eigenvalue weighted by atomic mass is 9.88. The zero-order valence-electron chi connectivity index (χ0n) is 20.5. The minimum absolute atomic E-state index is 0.210. The zero-order valence-corrected chi connectivity index (χ0v) is 23.7. The first-order valence-corrected chi connectivity index (χ1v) is 15.8. The van der Waals surface area contributed by atoms with E-state index < -0.39 is 22.5 Å².